The molecule has 138 valence electrons. The Labute approximate surface area is 146 Å². The lowest BCUT2D eigenvalue weighted by Crippen LogP contribution is -2.20. The van der Waals surface area contributed by atoms with Crippen LogP contribution in [-0.4, -0.2) is 42.2 Å². The minimum absolute atomic E-state index is 0.522. The van der Waals surface area contributed by atoms with Crippen LogP contribution < -0.4 is 0 Å². The van der Waals surface area contributed by atoms with E-state index in [-0.39, 0.29) is 0 Å². The molecular weight excluding hydrogens is 285 g/mol. The van der Waals surface area contributed by atoms with Crippen LogP contribution in [0.5, 0.6) is 0 Å². The standard InChI is InChI=1S/C19H42BNO2/c1-3-4-5-6-7-8-9-10-12-15-18-21(2)19-16-13-11-14-17-20(22)23/h22-23H,3-19H2,1-2H3. The summed E-state index contributed by atoms with van der Waals surface area (Å²) < 4.78 is 0. The molecule has 0 aromatic rings. The largest absolute Gasteiger partial charge is 0.451 e. The number of hydrogen-bond acceptors (Lipinski definition) is 3. The topological polar surface area (TPSA) is 43.7 Å². The van der Waals surface area contributed by atoms with Gasteiger partial charge in [-0.1, -0.05) is 84.0 Å². The average molecular weight is 327 g/mol. The summed E-state index contributed by atoms with van der Waals surface area (Å²) in [6.45, 7) is 4.69. The van der Waals surface area contributed by atoms with Crippen LogP contribution in [0.15, 0.2) is 0 Å². The van der Waals surface area contributed by atoms with E-state index in [1.165, 1.54) is 90.1 Å². The van der Waals surface area contributed by atoms with Gasteiger partial charge in [0.2, 0.25) is 0 Å². The van der Waals surface area contributed by atoms with E-state index in [9.17, 15) is 0 Å². The third-order valence-corrected chi connectivity index (χ3v) is 4.65. The van der Waals surface area contributed by atoms with Crippen LogP contribution >= 0.6 is 0 Å². The fourth-order valence-corrected chi connectivity index (χ4v) is 3.04. The highest BCUT2D eigenvalue weighted by molar-refractivity contribution is 6.40. The van der Waals surface area contributed by atoms with Crippen molar-refractivity contribution in [3.63, 3.8) is 0 Å². The van der Waals surface area contributed by atoms with Crippen molar-refractivity contribution < 1.29 is 10.0 Å². The molecule has 23 heavy (non-hydrogen) atoms. The Hall–Kier alpha value is -0.0551. The van der Waals surface area contributed by atoms with Crippen molar-refractivity contribution in [2.45, 2.75) is 103 Å². The van der Waals surface area contributed by atoms with Gasteiger partial charge in [0, 0.05) is 0 Å². The summed E-state index contributed by atoms with van der Waals surface area (Å²) in [4.78, 5) is 2.45. The molecule has 0 unspecified atom stereocenters. The van der Waals surface area contributed by atoms with E-state index in [4.69, 9.17) is 10.0 Å². The van der Waals surface area contributed by atoms with E-state index in [1.54, 1.807) is 0 Å². The lowest BCUT2D eigenvalue weighted by atomic mass is 9.83. The average Bonchev–Trinajstić information content (AvgIpc) is 2.52. The predicted octanol–water partition coefficient (Wildman–Crippen LogP) is 4.87. The molecule has 0 heterocycles. The fraction of sp³-hybridized carbons (Fsp3) is 1.00. The molecular formula is C19H42BNO2. The van der Waals surface area contributed by atoms with Gasteiger partial charge in [0.15, 0.2) is 0 Å². The van der Waals surface area contributed by atoms with Gasteiger partial charge in [-0.25, -0.2) is 0 Å². The Kier molecular flexibility index (Phi) is 18.2. The Morgan fingerprint density at radius 2 is 1.00 bits per heavy atom. The van der Waals surface area contributed by atoms with E-state index in [0.717, 1.165) is 12.8 Å². The van der Waals surface area contributed by atoms with Crippen molar-refractivity contribution in [2.24, 2.45) is 0 Å². The van der Waals surface area contributed by atoms with Gasteiger partial charge in [-0.2, -0.15) is 0 Å². The normalized spacial score (nSPS) is 11.3. The summed E-state index contributed by atoms with van der Waals surface area (Å²) in [5.41, 5.74) is 0. The van der Waals surface area contributed by atoms with E-state index in [0.29, 0.717) is 6.32 Å². The minimum Gasteiger partial charge on any atom is -0.427 e. The molecule has 0 aliphatic carbocycles. The monoisotopic (exact) mass is 327 g/mol. The van der Waals surface area contributed by atoms with E-state index >= 15 is 0 Å². The van der Waals surface area contributed by atoms with Crippen molar-refractivity contribution in [2.75, 3.05) is 20.1 Å². The molecule has 0 fully saturated rings. The molecule has 0 saturated carbocycles. The first-order valence-corrected chi connectivity index (χ1v) is 10.2. The van der Waals surface area contributed by atoms with Crippen LogP contribution in [0.2, 0.25) is 6.32 Å². The van der Waals surface area contributed by atoms with Gasteiger partial charge in [-0.05, 0) is 39.3 Å². The zero-order chi connectivity index (χ0) is 17.2. The lowest BCUT2D eigenvalue weighted by molar-refractivity contribution is 0.314. The van der Waals surface area contributed by atoms with Gasteiger partial charge in [0.25, 0.3) is 0 Å². The fourth-order valence-electron chi connectivity index (χ4n) is 3.04. The summed E-state index contributed by atoms with van der Waals surface area (Å²) in [6.07, 6.45) is 19.1. The summed E-state index contributed by atoms with van der Waals surface area (Å²) in [5.74, 6) is 0. The first-order chi connectivity index (χ1) is 11.2. The molecule has 0 amide bonds. The number of hydrogen-bond donors (Lipinski definition) is 2. The predicted molar refractivity (Wildman–Crippen MR) is 103 cm³/mol. The Balaban J connectivity index is 3.14. The van der Waals surface area contributed by atoms with Gasteiger partial charge in [0.1, 0.15) is 0 Å². The molecule has 4 heteroatoms. The van der Waals surface area contributed by atoms with Crippen molar-refractivity contribution in [3.05, 3.63) is 0 Å². The Morgan fingerprint density at radius 3 is 1.43 bits per heavy atom. The second-order valence-corrected chi connectivity index (χ2v) is 7.17. The van der Waals surface area contributed by atoms with Crippen LogP contribution in [0, 0.1) is 0 Å². The second kappa shape index (κ2) is 18.3. The molecule has 0 saturated heterocycles. The molecule has 0 atom stereocenters. The highest BCUT2D eigenvalue weighted by atomic mass is 16.4. The molecule has 2 N–H and O–H groups in total. The van der Waals surface area contributed by atoms with Gasteiger partial charge in [-0.15, -0.1) is 0 Å². The third-order valence-electron chi connectivity index (χ3n) is 4.65. The Morgan fingerprint density at radius 1 is 0.609 bits per heavy atom. The molecule has 0 radical (unpaired) electrons. The molecule has 0 aliphatic rings. The summed E-state index contributed by atoms with van der Waals surface area (Å²) in [6, 6.07) is 0. The Bertz CT molecular complexity index is 227. The zero-order valence-corrected chi connectivity index (χ0v) is 15.9. The van der Waals surface area contributed by atoms with Crippen LogP contribution in [-0.2, 0) is 0 Å². The van der Waals surface area contributed by atoms with Crippen molar-refractivity contribution in [3.8, 4) is 0 Å². The first kappa shape index (κ1) is 22.9. The maximum atomic E-state index is 8.77. The molecule has 0 aromatic heterocycles. The van der Waals surface area contributed by atoms with Gasteiger partial charge in [0.05, 0.1) is 0 Å². The molecule has 0 spiro atoms. The van der Waals surface area contributed by atoms with Crippen LogP contribution in [0.3, 0.4) is 0 Å². The number of nitrogens with zero attached hydrogens (tertiary/aromatic N) is 1. The maximum Gasteiger partial charge on any atom is 0.451 e. The van der Waals surface area contributed by atoms with Gasteiger partial charge >= 0.3 is 7.12 Å². The zero-order valence-electron chi connectivity index (χ0n) is 15.9. The number of rotatable bonds is 18. The van der Waals surface area contributed by atoms with Crippen molar-refractivity contribution in [1.29, 1.82) is 0 Å². The SMILES string of the molecule is CCCCCCCCCCCCN(C)CCCCCCB(O)O. The highest BCUT2D eigenvalue weighted by Crippen LogP contribution is 2.11. The van der Waals surface area contributed by atoms with E-state index in [2.05, 4.69) is 18.9 Å². The molecule has 0 rings (SSSR count). The smallest absolute Gasteiger partial charge is 0.427 e. The summed E-state index contributed by atoms with van der Waals surface area (Å²) >= 11 is 0. The molecule has 0 bridgehead atoms. The van der Waals surface area contributed by atoms with Crippen molar-refractivity contribution >= 4 is 7.12 Å². The quantitative estimate of drug-likeness (QED) is 0.279. The molecule has 0 aromatic carbocycles. The third kappa shape index (κ3) is 19.9. The summed E-state index contributed by atoms with van der Waals surface area (Å²) in [7, 11) is 1.11. The summed E-state index contributed by atoms with van der Waals surface area (Å²) in [5, 5.41) is 17.5. The van der Waals surface area contributed by atoms with Gasteiger partial charge in [-0.3, -0.25) is 0 Å². The molecule has 3 nitrogen and oxygen atoms in total. The minimum atomic E-state index is -1.12. The van der Waals surface area contributed by atoms with Crippen LogP contribution in [0.1, 0.15) is 96.8 Å². The number of unbranched alkanes of at least 4 members (excludes halogenated alkanes) is 12. The molecule has 0 aliphatic heterocycles. The van der Waals surface area contributed by atoms with E-state index < -0.39 is 7.12 Å². The van der Waals surface area contributed by atoms with E-state index in [1.807, 2.05) is 0 Å². The maximum absolute atomic E-state index is 8.77. The first-order valence-electron chi connectivity index (χ1n) is 10.2. The van der Waals surface area contributed by atoms with Crippen molar-refractivity contribution in [1.82, 2.24) is 4.90 Å². The van der Waals surface area contributed by atoms with Gasteiger partial charge < -0.3 is 14.9 Å². The second-order valence-electron chi connectivity index (χ2n) is 7.17. The van der Waals surface area contributed by atoms with Crippen LogP contribution in [0.4, 0.5) is 0 Å². The lowest BCUT2D eigenvalue weighted by Gasteiger charge is -2.16. The highest BCUT2D eigenvalue weighted by Gasteiger charge is 2.05. The van der Waals surface area contributed by atoms with Crippen LogP contribution in [0.25, 0.3) is 0 Å².